The molecule has 1 aromatic rings. The molecule has 25 heavy (non-hydrogen) atoms. The van der Waals surface area contributed by atoms with Crippen molar-refractivity contribution in [3.8, 4) is 0 Å². The highest BCUT2D eigenvalue weighted by Crippen LogP contribution is 2.13. The minimum Gasteiger partial charge on any atom is -0.357 e. The number of halogens is 1. The molecule has 0 bridgehead atoms. The third-order valence-corrected chi connectivity index (χ3v) is 3.64. The number of hydrogen-bond acceptors (Lipinski definition) is 3. The SMILES string of the molecule is CCNC(=NCc1c(C)nn(C)c1C)N(C)CC(=O)NC(C)(C)C.I. The molecule has 0 aliphatic carbocycles. The van der Waals surface area contributed by atoms with Gasteiger partial charge in [0.2, 0.25) is 5.91 Å². The summed E-state index contributed by atoms with van der Waals surface area (Å²) in [6.45, 7) is 13.5. The van der Waals surface area contributed by atoms with Crippen LogP contribution in [0.25, 0.3) is 0 Å². The number of nitrogens with one attached hydrogen (secondary N) is 2. The van der Waals surface area contributed by atoms with Crippen LogP contribution in [0.5, 0.6) is 0 Å². The predicted octanol–water partition coefficient (Wildman–Crippen LogP) is 1.97. The van der Waals surface area contributed by atoms with Crippen LogP contribution in [-0.4, -0.2) is 52.2 Å². The molecule has 0 unspecified atom stereocenters. The van der Waals surface area contributed by atoms with Crippen molar-refractivity contribution < 1.29 is 4.79 Å². The number of aryl methyl sites for hydroxylation is 2. The van der Waals surface area contributed by atoms with Gasteiger partial charge in [-0.2, -0.15) is 5.10 Å². The average molecular weight is 464 g/mol. The van der Waals surface area contributed by atoms with Crippen LogP contribution in [-0.2, 0) is 18.4 Å². The fourth-order valence-electron chi connectivity index (χ4n) is 2.42. The first-order valence-electron chi connectivity index (χ1n) is 8.34. The van der Waals surface area contributed by atoms with Gasteiger partial charge in [-0.15, -0.1) is 24.0 Å². The summed E-state index contributed by atoms with van der Waals surface area (Å²) in [6, 6.07) is 0. The van der Waals surface area contributed by atoms with Crippen molar-refractivity contribution in [2.24, 2.45) is 12.0 Å². The molecule has 0 radical (unpaired) electrons. The maximum Gasteiger partial charge on any atom is 0.240 e. The summed E-state index contributed by atoms with van der Waals surface area (Å²) in [6.07, 6.45) is 0. The number of hydrogen-bond donors (Lipinski definition) is 2. The Kier molecular flexibility index (Phi) is 9.45. The molecule has 1 heterocycles. The minimum atomic E-state index is -0.239. The molecule has 0 saturated heterocycles. The second-order valence-corrected chi connectivity index (χ2v) is 7.10. The number of guanidine groups is 1. The van der Waals surface area contributed by atoms with Gasteiger partial charge in [0.15, 0.2) is 5.96 Å². The number of likely N-dealkylation sites (N-methyl/N-ethyl adjacent to an activating group) is 1. The zero-order valence-corrected chi connectivity index (χ0v) is 19.1. The Morgan fingerprint density at radius 3 is 2.36 bits per heavy atom. The van der Waals surface area contributed by atoms with Crippen molar-refractivity contribution in [2.45, 2.75) is 53.6 Å². The first kappa shape index (κ1) is 23.7. The third-order valence-electron chi connectivity index (χ3n) is 3.64. The van der Waals surface area contributed by atoms with E-state index in [0.717, 1.165) is 23.5 Å². The van der Waals surface area contributed by atoms with Gasteiger partial charge in [-0.3, -0.25) is 9.48 Å². The van der Waals surface area contributed by atoms with Crippen LogP contribution >= 0.6 is 24.0 Å². The van der Waals surface area contributed by atoms with E-state index in [-0.39, 0.29) is 42.0 Å². The summed E-state index contributed by atoms with van der Waals surface area (Å²) in [7, 11) is 3.80. The maximum atomic E-state index is 12.1. The number of rotatable bonds is 5. The zero-order chi connectivity index (χ0) is 18.5. The van der Waals surface area contributed by atoms with Crippen molar-refractivity contribution in [2.75, 3.05) is 20.1 Å². The second kappa shape index (κ2) is 9.98. The standard InChI is InChI=1S/C17H32N6O.HI/c1-9-18-16(22(7)11-15(24)20-17(4,5)6)19-10-14-12(2)21-23(8)13(14)3;/h9-11H2,1-8H3,(H,18,19)(H,20,24);1H. The summed E-state index contributed by atoms with van der Waals surface area (Å²) in [4.78, 5) is 18.6. The third kappa shape index (κ3) is 7.62. The van der Waals surface area contributed by atoms with Gasteiger partial charge in [0.1, 0.15) is 0 Å². The molecule has 7 nitrogen and oxygen atoms in total. The molecule has 0 aliphatic heterocycles. The van der Waals surface area contributed by atoms with Gasteiger partial charge in [0.25, 0.3) is 0 Å². The van der Waals surface area contributed by atoms with Gasteiger partial charge in [0.05, 0.1) is 18.8 Å². The lowest BCUT2D eigenvalue weighted by atomic mass is 10.1. The number of aromatic nitrogens is 2. The van der Waals surface area contributed by atoms with E-state index < -0.39 is 0 Å². The first-order valence-corrected chi connectivity index (χ1v) is 8.34. The molecule has 0 aromatic carbocycles. The molecule has 0 atom stereocenters. The fraction of sp³-hybridized carbons (Fsp3) is 0.706. The van der Waals surface area contributed by atoms with Crippen LogP contribution in [0.15, 0.2) is 4.99 Å². The van der Waals surface area contributed by atoms with Crippen LogP contribution in [0, 0.1) is 13.8 Å². The molecular formula is C17H33IN6O. The summed E-state index contributed by atoms with van der Waals surface area (Å²) >= 11 is 0. The van der Waals surface area contributed by atoms with Crippen LogP contribution in [0.2, 0.25) is 0 Å². The fourth-order valence-corrected chi connectivity index (χ4v) is 2.42. The Morgan fingerprint density at radius 2 is 1.92 bits per heavy atom. The number of nitrogens with zero attached hydrogens (tertiary/aromatic N) is 4. The Labute approximate surface area is 168 Å². The van der Waals surface area contributed by atoms with E-state index in [4.69, 9.17) is 0 Å². The molecule has 2 N–H and O–H groups in total. The Morgan fingerprint density at radius 1 is 1.32 bits per heavy atom. The van der Waals surface area contributed by atoms with E-state index in [2.05, 4.69) is 20.7 Å². The summed E-state index contributed by atoms with van der Waals surface area (Å²) in [5.74, 6) is 0.688. The number of carbonyl (C=O) groups is 1. The quantitative estimate of drug-likeness (QED) is 0.397. The number of aliphatic imine (C=N–C) groups is 1. The largest absolute Gasteiger partial charge is 0.357 e. The van der Waals surface area contributed by atoms with Crippen LogP contribution < -0.4 is 10.6 Å². The minimum absolute atomic E-state index is 0. The van der Waals surface area contributed by atoms with Gasteiger partial charge in [0, 0.05) is 37.4 Å². The van der Waals surface area contributed by atoms with E-state index in [0.29, 0.717) is 12.5 Å². The lowest BCUT2D eigenvalue weighted by Crippen LogP contribution is -2.48. The van der Waals surface area contributed by atoms with E-state index >= 15 is 0 Å². The molecule has 1 aromatic heterocycles. The highest BCUT2D eigenvalue weighted by atomic mass is 127. The number of carbonyl (C=O) groups excluding carboxylic acids is 1. The molecule has 144 valence electrons. The topological polar surface area (TPSA) is 74.5 Å². The van der Waals surface area contributed by atoms with Gasteiger partial charge >= 0.3 is 0 Å². The van der Waals surface area contributed by atoms with Crippen LogP contribution in [0.4, 0.5) is 0 Å². The molecule has 1 rings (SSSR count). The van der Waals surface area contributed by atoms with Crippen molar-refractivity contribution in [3.63, 3.8) is 0 Å². The molecule has 1 amide bonds. The predicted molar refractivity (Wildman–Crippen MR) is 113 cm³/mol. The molecule has 0 fully saturated rings. The average Bonchev–Trinajstić information content (AvgIpc) is 2.66. The van der Waals surface area contributed by atoms with Crippen LogP contribution in [0.3, 0.4) is 0 Å². The highest BCUT2D eigenvalue weighted by Gasteiger charge is 2.17. The normalized spacial score (nSPS) is 11.8. The lowest BCUT2D eigenvalue weighted by Gasteiger charge is -2.25. The van der Waals surface area contributed by atoms with Crippen molar-refractivity contribution in [3.05, 3.63) is 17.0 Å². The van der Waals surface area contributed by atoms with Crippen molar-refractivity contribution in [1.29, 1.82) is 0 Å². The maximum absolute atomic E-state index is 12.1. The van der Waals surface area contributed by atoms with Crippen molar-refractivity contribution in [1.82, 2.24) is 25.3 Å². The number of amides is 1. The van der Waals surface area contributed by atoms with E-state index in [1.807, 2.05) is 65.2 Å². The summed E-state index contributed by atoms with van der Waals surface area (Å²) in [5, 5.41) is 10.6. The summed E-state index contributed by atoms with van der Waals surface area (Å²) < 4.78 is 1.87. The van der Waals surface area contributed by atoms with E-state index in [9.17, 15) is 4.79 Å². The van der Waals surface area contributed by atoms with Gasteiger partial charge in [-0.1, -0.05) is 0 Å². The second-order valence-electron chi connectivity index (χ2n) is 7.10. The first-order chi connectivity index (χ1) is 11.0. The monoisotopic (exact) mass is 464 g/mol. The lowest BCUT2D eigenvalue weighted by molar-refractivity contribution is -0.122. The van der Waals surface area contributed by atoms with E-state index in [1.54, 1.807) is 0 Å². The summed E-state index contributed by atoms with van der Waals surface area (Å²) in [5.41, 5.74) is 2.99. The van der Waals surface area contributed by atoms with E-state index in [1.165, 1.54) is 0 Å². The smallest absolute Gasteiger partial charge is 0.240 e. The Bertz CT molecular complexity index is 603. The molecule has 8 heteroatoms. The molecule has 0 saturated carbocycles. The van der Waals surface area contributed by atoms with Crippen molar-refractivity contribution >= 4 is 35.8 Å². The highest BCUT2D eigenvalue weighted by molar-refractivity contribution is 14.0. The van der Waals surface area contributed by atoms with Gasteiger partial charge < -0.3 is 15.5 Å². The van der Waals surface area contributed by atoms with Gasteiger partial charge in [-0.25, -0.2) is 4.99 Å². The molecular weight excluding hydrogens is 431 g/mol. The Balaban J connectivity index is 0.00000576. The zero-order valence-electron chi connectivity index (χ0n) is 16.7. The molecule has 0 aliphatic rings. The van der Waals surface area contributed by atoms with Gasteiger partial charge in [-0.05, 0) is 41.5 Å². The Hall–Kier alpha value is -1.32. The van der Waals surface area contributed by atoms with Crippen LogP contribution in [0.1, 0.15) is 44.6 Å². The molecule has 0 spiro atoms.